The molecule has 1 rings (SSSR count). The number of nitrogens with one attached hydrogen (secondary N) is 1. The van der Waals surface area contributed by atoms with Gasteiger partial charge in [-0.15, -0.1) is 0 Å². The predicted octanol–water partition coefficient (Wildman–Crippen LogP) is 1.40. The fraction of sp³-hybridized carbons (Fsp3) is 0.846. The molecule has 4 heteroatoms. The lowest BCUT2D eigenvalue weighted by Gasteiger charge is -2.39. The lowest BCUT2D eigenvalue weighted by molar-refractivity contribution is -0.150. The Morgan fingerprint density at radius 2 is 1.88 bits per heavy atom. The maximum Gasteiger partial charge on any atom is 0.245 e. The summed E-state index contributed by atoms with van der Waals surface area (Å²) in [5.41, 5.74) is 0. The first-order valence-corrected chi connectivity index (χ1v) is 6.45. The summed E-state index contributed by atoms with van der Waals surface area (Å²) in [4.78, 5) is 25.8. The number of likely N-dealkylation sites (N-methyl/N-ethyl adjacent to an activating group) is 1. The molecule has 0 bridgehead atoms. The minimum Gasteiger partial charge on any atom is -0.342 e. The number of carbonyl (C=O) groups excluding carboxylic acids is 2. The van der Waals surface area contributed by atoms with Gasteiger partial charge in [0.1, 0.15) is 12.1 Å². The molecule has 3 unspecified atom stereocenters. The Hall–Kier alpha value is -1.06. The second-order valence-corrected chi connectivity index (χ2v) is 5.47. The van der Waals surface area contributed by atoms with Crippen LogP contribution in [0.15, 0.2) is 0 Å². The topological polar surface area (TPSA) is 49.4 Å². The molecular formula is C13H24N2O2. The molecule has 0 aromatic rings. The average Bonchev–Trinajstić information content (AvgIpc) is 2.24. The maximum absolute atomic E-state index is 12.1. The highest BCUT2D eigenvalue weighted by molar-refractivity contribution is 5.96. The number of hydrogen-bond acceptors (Lipinski definition) is 2. The molecule has 1 saturated heterocycles. The van der Waals surface area contributed by atoms with Crippen molar-refractivity contribution in [1.82, 2.24) is 10.2 Å². The maximum atomic E-state index is 12.1. The standard InChI is InChI=1S/C13H24N2O2/c1-6-9(4)11-12(16)14-10(7-8(2)3)13(17)15(11)5/h8-11H,6-7H2,1-5H3,(H,14,16). The van der Waals surface area contributed by atoms with Gasteiger partial charge in [-0.3, -0.25) is 9.59 Å². The Morgan fingerprint density at radius 1 is 1.29 bits per heavy atom. The van der Waals surface area contributed by atoms with Crippen LogP contribution in [0.4, 0.5) is 0 Å². The summed E-state index contributed by atoms with van der Waals surface area (Å²) in [5.74, 6) is 0.637. The second-order valence-electron chi connectivity index (χ2n) is 5.47. The van der Waals surface area contributed by atoms with E-state index in [9.17, 15) is 9.59 Å². The number of nitrogens with zero attached hydrogens (tertiary/aromatic N) is 1. The fourth-order valence-electron chi connectivity index (χ4n) is 2.37. The highest BCUT2D eigenvalue weighted by Crippen LogP contribution is 2.20. The lowest BCUT2D eigenvalue weighted by Crippen LogP contribution is -2.63. The first kappa shape index (κ1) is 14.0. The van der Waals surface area contributed by atoms with Crippen molar-refractivity contribution in [3.8, 4) is 0 Å². The fourth-order valence-corrected chi connectivity index (χ4v) is 2.37. The van der Waals surface area contributed by atoms with Gasteiger partial charge in [-0.05, 0) is 18.3 Å². The summed E-state index contributed by atoms with van der Waals surface area (Å²) >= 11 is 0. The molecule has 1 aliphatic rings. The molecule has 98 valence electrons. The summed E-state index contributed by atoms with van der Waals surface area (Å²) < 4.78 is 0. The van der Waals surface area contributed by atoms with Crippen LogP contribution in [-0.2, 0) is 9.59 Å². The van der Waals surface area contributed by atoms with E-state index < -0.39 is 0 Å². The van der Waals surface area contributed by atoms with Crippen LogP contribution in [0.1, 0.15) is 40.5 Å². The zero-order chi connectivity index (χ0) is 13.2. The van der Waals surface area contributed by atoms with E-state index in [-0.39, 0.29) is 29.8 Å². The first-order chi connectivity index (χ1) is 7.88. The quantitative estimate of drug-likeness (QED) is 0.807. The van der Waals surface area contributed by atoms with Crippen LogP contribution in [0.2, 0.25) is 0 Å². The molecule has 0 aromatic heterocycles. The predicted molar refractivity (Wildman–Crippen MR) is 67.4 cm³/mol. The van der Waals surface area contributed by atoms with E-state index in [0.717, 1.165) is 6.42 Å². The van der Waals surface area contributed by atoms with E-state index in [2.05, 4.69) is 19.2 Å². The molecule has 0 aliphatic carbocycles. The Balaban J connectivity index is 2.80. The first-order valence-electron chi connectivity index (χ1n) is 6.45. The molecule has 0 aromatic carbocycles. The molecular weight excluding hydrogens is 216 g/mol. The van der Waals surface area contributed by atoms with Crippen molar-refractivity contribution in [3.63, 3.8) is 0 Å². The Kier molecular flexibility index (Phi) is 4.54. The Morgan fingerprint density at radius 3 is 2.35 bits per heavy atom. The summed E-state index contributed by atoms with van der Waals surface area (Å²) in [6.45, 7) is 8.16. The van der Waals surface area contributed by atoms with Crippen molar-refractivity contribution in [2.24, 2.45) is 11.8 Å². The number of amides is 2. The molecule has 0 saturated carbocycles. The minimum atomic E-state index is -0.340. The van der Waals surface area contributed by atoms with E-state index in [1.165, 1.54) is 0 Å². The summed E-state index contributed by atoms with van der Waals surface area (Å²) in [7, 11) is 1.74. The number of carbonyl (C=O) groups is 2. The van der Waals surface area contributed by atoms with Crippen LogP contribution in [0.3, 0.4) is 0 Å². The third kappa shape index (κ3) is 2.99. The molecule has 17 heavy (non-hydrogen) atoms. The van der Waals surface area contributed by atoms with Gasteiger partial charge in [0.25, 0.3) is 0 Å². The molecule has 1 heterocycles. The highest BCUT2D eigenvalue weighted by atomic mass is 16.2. The third-order valence-electron chi connectivity index (χ3n) is 3.54. The molecule has 1 aliphatic heterocycles. The summed E-state index contributed by atoms with van der Waals surface area (Å²) in [5, 5.41) is 2.86. The van der Waals surface area contributed by atoms with Crippen molar-refractivity contribution < 1.29 is 9.59 Å². The van der Waals surface area contributed by atoms with Crippen LogP contribution in [0, 0.1) is 11.8 Å². The average molecular weight is 240 g/mol. The smallest absolute Gasteiger partial charge is 0.245 e. The third-order valence-corrected chi connectivity index (χ3v) is 3.54. The van der Waals surface area contributed by atoms with Crippen molar-refractivity contribution in [2.45, 2.75) is 52.6 Å². The van der Waals surface area contributed by atoms with Gasteiger partial charge in [-0.1, -0.05) is 34.1 Å². The van der Waals surface area contributed by atoms with Crippen LogP contribution in [-0.4, -0.2) is 35.8 Å². The summed E-state index contributed by atoms with van der Waals surface area (Å²) in [6.07, 6.45) is 1.60. The molecule has 0 radical (unpaired) electrons. The van der Waals surface area contributed by atoms with Gasteiger partial charge in [0.15, 0.2) is 0 Å². The van der Waals surface area contributed by atoms with Gasteiger partial charge in [0.05, 0.1) is 0 Å². The number of rotatable bonds is 4. The molecule has 4 nitrogen and oxygen atoms in total. The van der Waals surface area contributed by atoms with Crippen molar-refractivity contribution in [3.05, 3.63) is 0 Å². The van der Waals surface area contributed by atoms with Gasteiger partial charge in [-0.2, -0.15) is 0 Å². The largest absolute Gasteiger partial charge is 0.342 e. The van der Waals surface area contributed by atoms with Gasteiger partial charge in [0, 0.05) is 7.05 Å². The van der Waals surface area contributed by atoms with Crippen molar-refractivity contribution in [1.29, 1.82) is 0 Å². The van der Waals surface area contributed by atoms with E-state index >= 15 is 0 Å². The number of hydrogen-bond donors (Lipinski definition) is 1. The zero-order valence-electron chi connectivity index (χ0n) is 11.5. The van der Waals surface area contributed by atoms with Gasteiger partial charge >= 0.3 is 0 Å². The Labute approximate surface area is 104 Å². The lowest BCUT2D eigenvalue weighted by atomic mass is 9.92. The van der Waals surface area contributed by atoms with E-state index in [1.54, 1.807) is 11.9 Å². The van der Waals surface area contributed by atoms with Crippen LogP contribution in [0.25, 0.3) is 0 Å². The molecule has 1 N–H and O–H groups in total. The van der Waals surface area contributed by atoms with E-state index in [4.69, 9.17) is 0 Å². The molecule has 0 spiro atoms. The van der Waals surface area contributed by atoms with Gasteiger partial charge < -0.3 is 10.2 Å². The molecule has 3 atom stereocenters. The van der Waals surface area contributed by atoms with Gasteiger partial charge in [0.2, 0.25) is 11.8 Å². The zero-order valence-corrected chi connectivity index (χ0v) is 11.5. The number of piperazine rings is 1. The SMILES string of the molecule is CCC(C)C1C(=O)NC(CC(C)C)C(=O)N1C. The van der Waals surface area contributed by atoms with Crippen molar-refractivity contribution in [2.75, 3.05) is 7.05 Å². The van der Waals surface area contributed by atoms with Crippen LogP contribution in [0.5, 0.6) is 0 Å². The normalized spacial score (nSPS) is 27.3. The van der Waals surface area contributed by atoms with Gasteiger partial charge in [-0.25, -0.2) is 0 Å². The van der Waals surface area contributed by atoms with Crippen LogP contribution >= 0.6 is 0 Å². The van der Waals surface area contributed by atoms with Crippen LogP contribution < -0.4 is 5.32 Å². The summed E-state index contributed by atoms with van der Waals surface area (Å²) in [6, 6.07) is -0.649. The Bertz CT molecular complexity index is 302. The monoisotopic (exact) mass is 240 g/mol. The van der Waals surface area contributed by atoms with E-state index in [1.807, 2.05) is 13.8 Å². The molecule has 1 fully saturated rings. The second kappa shape index (κ2) is 5.52. The minimum absolute atomic E-state index is 0.00731. The van der Waals surface area contributed by atoms with E-state index in [0.29, 0.717) is 12.3 Å². The molecule has 2 amide bonds. The highest BCUT2D eigenvalue weighted by Gasteiger charge is 2.40. The van der Waals surface area contributed by atoms with Crippen molar-refractivity contribution >= 4 is 11.8 Å².